The summed E-state index contributed by atoms with van der Waals surface area (Å²) in [6.45, 7) is 1.98. The number of nitrogens with two attached hydrogens (primary N) is 1. The van der Waals surface area contributed by atoms with Gasteiger partial charge in [-0.2, -0.15) is 0 Å². The van der Waals surface area contributed by atoms with E-state index in [2.05, 4.69) is 34.2 Å². The van der Waals surface area contributed by atoms with E-state index in [-0.39, 0.29) is 6.04 Å². The van der Waals surface area contributed by atoms with Crippen LogP contribution in [0.15, 0.2) is 52.5 Å². The van der Waals surface area contributed by atoms with E-state index in [0.29, 0.717) is 0 Å². The Balaban J connectivity index is 1.84. The van der Waals surface area contributed by atoms with Gasteiger partial charge in [-0.25, -0.2) is 4.98 Å². The predicted molar refractivity (Wildman–Crippen MR) is 85.8 cm³/mol. The van der Waals surface area contributed by atoms with Gasteiger partial charge in [0, 0.05) is 17.0 Å². The Hall–Kier alpha value is -1.98. The smallest absolute Gasteiger partial charge is 0.171 e. The number of imidazole rings is 1. The van der Waals surface area contributed by atoms with E-state index in [1.807, 2.05) is 25.1 Å². The number of fused-ring (bicyclic) bond motifs is 1. The predicted octanol–water partition coefficient (Wildman–Crippen LogP) is 3.74. The highest BCUT2D eigenvalue weighted by atomic mass is 32.2. The zero-order valence-electron chi connectivity index (χ0n) is 12.0. The average Bonchev–Trinajstić information content (AvgIpc) is 2.88. The third-order valence-electron chi connectivity index (χ3n) is 3.29. The highest BCUT2D eigenvalue weighted by molar-refractivity contribution is 7.99. The third kappa shape index (κ3) is 3.04. The van der Waals surface area contributed by atoms with Gasteiger partial charge >= 0.3 is 0 Å². The molecule has 3 rings (SSSR count). The van der Waals surface area contributed by atoms with Crippen molar-refractivity contribution in [2.75, 3.05) is 7.11 Å². The van der Waals surface area contributed by atoms with E-state index in [1.165, 1.54) is 0 Å². The molecule has 0 saturated carbocycles. The van der Waals surface area contributed by atoms with Crippen molar-refractivity contribution in [2.24, 2.45) is 5.73 Å². The second-order valence-corrected chi connectivity index (χ2v) is 5.95. The maximum atomic E-state index is 5.86. The Morgan fingerprint density at radius 2 is 1.95 bits per heavy atom. The number of nitrogens with zero attached hydrogens (tertiary/aromatic N) is 1. The van der Waals surface area contributed by atoms with Gasteiger partial charge in [0.1, 0.15) is 5.75 Å². The molecule has 0 aliphatic heterocycles. The van der Waals surface area contributed by atoms with Crippen molar-refractivity contribution in [2.45, 2.75) is 23.0 Å². The van der Waals surface area contributed by atoms with Crippen LogP contribution in [-0.4, -0.2) is 17.1 Å². The fourth-order valence-electron chi connectivity index (χ4n) is 2.09. The van der Waals surface area contributed by atoms with Crippen LogP contribution in [0.5, 0.6) is 5.75 Å². The summed E-state index contributed by atoms with van der Waals surface area (Å²) in [5, 5.41) is 0.867. The van der Waals surface area contributed by atoms with Crippen molar-refractivity contribution in [3.05, 3.63) is 48.0 Å². The SMILES string of the molecule is COc1ccc2nc(Sc3ccc(C(C)N)cc3)[nH]c2c1. The summed E-state index contributed by atoms with van der Waals surface area (Å²) in [6, 6.07) is 14.1. The van der Waals surface area contributed by atoms with Gasteiger partial charge in [-0.05, 0) is 36.8 Å². The van der Waals surface area contributed by atoms with Crippen LogP contribution < -0.4 is 10.5 Å². The van der Waals surface area contributed by atoms with Gasteiger partial charge in [0.25, 0.3) is 0 Å². The van der Waals surface area contributed by atoms with Crippen LogP contribution in [-0.2, 0) is 0 Å². The molecule has 1 aromatic heterocycles. The van der Waals surface area contributed by atoms with Crippen molar-refractivity contribution in [1.82, 2.24) is 9.97 Å². The van der Waals surface area contributed by atoms with Gasteiger partial charge < -0.3 is 15.5 Å². The number of aromatic amines is 1. The molecule has 3 N–H and O–H groups in total. The molecule has 0 radical (unpaired) electrons. The largest absolute Gasteiger partial charge is 0.497 e. The van der Waals surface area contributed by atoms with Crippen molar-refractivity contribution in [3.8, 4) is 5.75 Å². The molecule has 0 saturated heterocycles. The lowest BCUT2D eigenvalue weighted by molar-refractivity contribution is 0.415. The lowest BCUT2D eigenvalue weighted by Gasteiger charge is -2.05. The summed E-state index contributed by atoms with van der Waals surface area (Å²) in [7, 11) is 1.66. The molecule has 3 aromatic rings. The quantitative estimate of drug-likeness (QED) is 0.770. The van der Waals surface area contributed by atoms with Crippen LogP contribution >= 0.6 is 11.8 Å². The molecule has 5 heteroatoms. The fraction of sp³-hybridized carbons (Fsp3) is 0.188. The van der Waals surface area contributed by atoms with E-state index >= 15 is 0 Å². The van der Waals surface area contributed by atoms with E-state index < -0.39 is 0 Å². The van der Waals surface area contributed by atoms with Gasteiger partial charge in [-0.1, -0.05) is 23.9 Å². The maximum absolute atomic E-state index is 5.86. The van der Waals surface area contributed by atoms with Crippen LogP contribution in [0, 0.1) is 0 Å². The fourth-order valence-corrected chi connectivity index (χ4v) is 2.89. The standard InChI is InChI=1S/C16H17N3OS/c1-10(17)11-3-6-13(7-4-11)21-16-18-14-8-5-12(20-2)9-15(14)19-16/h3-10H,17H2,1-2H3,(H,18,19). The lowest BCUT2D eigenvalue weighted by Crippen LogP contribution is -2.04. The van der Waals surface area contributed by atoms with Crippen molar-refractivity contribution < 1.29 is 4.74 Å². The van der Waals surface area contributed by atoms with E-state index in [1.54, 1.807) is 18.9 Å². The summed E-state index contributed by atoms with van der Waals surface area (Å²) in [5.74, 6) is 0.823. The topological polar surface area (TPSA) is 63.9 Å². The average molecular weight is 299 g/mol. The zero-order chi connectivity index (χ0) is 14.8. The van der Waals surface area contributed by atoms with Gasteiger partial charge in [0.15, 0.2) is 5.16 Å². The number of hydrogen-bond acceptors (Lipinski definition) is 4. The van der Waals surface area contributed by atoms with Crippen LogP contribution in [0.25, 0.3) is 11.0 Å². The summed E-state index contributed by atoms with van der Waals surface area (Å²) in [5.41, 5.74) is 8.90. The number of rotatable bonds is 4. The minimum atomic E-state index is 0.0581. The Morgan fingerprint density at radius 3 is 2.62 bits per heavy atom. The minimum Gasteiger partial charge on any atom is -0.497 e. The Bertz CT molecular complexity index is 750. The van der Waals surface area contributed by atoms with Gasteiger partial charge in [-0.15, -0.1) is 0 Å². The van der Waals surface area contributed by atoms with Gasteiger partial charge in [0.2, 0.25) is 0 Å². The van der Waals surface area contributed by atoms with Crippen LogP contribution in [0.3, 0.4) is 0 Å². The maximum Gasteiger partial charge on any atom is 0.171 e. The summed E-state index contributed by atoms with van der Waals surface area (Å²) in [4.78, 5) is 9.00. The molecule has 0 fully saturated rings. The Labute approximate surface area is 127 Å². The van der Waals surface area contributed by atoms with Crippen molar-refractivity contribution in [1.29, 1.82) is 0 Å². The molecule has 1 heterocycles. The van der Waals surface area contributed by atoms with E-state index in [9.17, 15) is 0 Å². The first-order valence-electron chi connectivity index (χ1n) is 6.73. The van der Waals surface area contributed by atoms with Crippen molar-refractivity contribution in [3.63, 3.8) is 0 Å². The van der Waals surface area contributed by atoms with E-state index in [4.69, 9.17) is 10.5 Å². The monoisotopic (exact) mass is 299 g/mol. The Kier molecular flexibility index (Phi) is 3.86. The lowest BCUT2D eigenvalue weighted by atomic mass is 10.1. The normalized spacial score (nSPS) is 12.5. The van der Waals surface area contributed by atoms with Crippen LogP contribution in [0.2, 0.25) is 0 Å². The first-order valence-corrected chi connectivity index (χ1v) is 7.54. The molecule has 0 spiro atoms. The molecule has 1 unspecified atom stereocenters. The van der Waals surface area contributed by atoms with Gasteiger partial charge in [0.05, 0.1) is 18.1 Å². The number of nitrogens with one attached hydrogen (secondary N) is 1. The number of hydrogen-bond donors (Lipinski definition) is 2. The molecule has 2 aromatic carbocycles. The molecular weight excluding hydrogens is 282 g/mol. The second kappa shape index (κ2) is 5.79. The number of ether oxygens (including phenoxy) is 1. The Morgan fingerprint density at radius 1 is 1.19 bits per heavy atom. The highest BCUT2D eigenvalue weighted by Crippen LogP contribution is 2.29. The second-order valence-electron chi connectivity index (χ2n) is 4.88. The molecular formula is C16H17N3OS. The summed E-state index contributed by atoms with van der Waals surface area (Å²) in [6.07, 6.45) is 0. The number of benzene rings is 2. The summed E-state index contributed by atoms with van der Waals surface area (Å²) >= 11 is 1.60. The van der Waals surface area contributed by atoms with Crippen LogP contribution in [0.4, 0.5) is 0 Å². The zero-order valence-corrected chi connectivity index (χ0v) is 12.8. The molecule has 0 aliphatic carbocycles. The third-order valence-corrected chi connectivity index (χ3v) is 4.18. The molecule has 4 nitrogen and oxygen atoms in total. The number of H-pyrrole nitrogens is 1. The first kappa shape index (κ1) is 14.0. The molecule has 0 aliphatic rings. The molecule has 21 heavy (non-hydrogen) atoms. The highest BCUT2D eigenvalue weighted by Gasteiger charge is 2.06. The molecule has 1 atom stereocenters. The number of methoxy groups -OCH3 is 1. The van der Waals surface area contributed by atoms with Crippen LogP contribution in [0.1, 0.15) is 18.5 Å². The molecule has 0 bridgehead atoms. The number of aromatic nitrogens is 2. The van der Waals surface area contributed by atoms with Crippen molar-refractivity contribution >= 4 is 22.8 Å². The summed E-state index contributed by atoms with van der Waals surface area (Å²) < 4.78 is 5.22. The first-order chi connectivity index (χ1) is 10.2. The minimum absolute atomic E-state index is 0.0581. The molecule has 108 valence electrons. The van der Waals surface area contributed by atoms with E-state index in [0.717, 1.165) is 32.4 Å². The van der Waals surface area contributed by atoms with Gasteiger partial charge in [-0.3, -0.25) is 0 Å². The molecule has 0 amide bonds.